The molecule has 1 saturated heterocycles. The van der Waals surface area contributed by atoms with Crippen LogP contribution in [-0.2, 0) is 6.54 Å². The zero-order valence-electron chi connectivity index (χ0n) is 18.4. The van der Waals surface area contributed by atoms with E-state index in [0.29, 0.717) is 34.9 Å². The molecule has 0 saturated carbocycles. The fraction of sp³-hybridized carbons (Fsp3) is 0.381. The number of fused-ring (bicyclic) bond motifs is 4. The average Bonchev–Trinajstić information content (AvgIpc) is 3.49. The first kappa shape index (κ1) is 19.9. The highest BCUT2D eigenvalue weighted by molar-refractivity contribution is 5.89. The summed E-state index contributed by atoms with van der Waals surface area (Å²) < 4.78 is 23.2. The van der Waals surface area contributed by atoms with Gasteiger partial charge >= 0.3 is 0 Å². The van der Waals surface area contributed by atoms with Crippen molar-refractivity contribution in [1.82, 2.24) is 39.4 Å². The Morgan fingerprint density at radius 2 is 1.85 bits per heavy atom. The van der Waals surface area contributed by atoms with Gasteiger partial charge in [0.15, 0.2) is 16.9 Å². The van der Waals surface area contributed by atoms with Crippen molar-refractivity contribution in [2.24, 2.45) is 0 Å². The number of halogens is 1. The van der Waals surface area contributed by atoms with E-state index in [2.05, 4.69) is 35.1 Å². The van der Waals surface area contributed by atoms with E-state index >= 15 is 0 Å². The zero-order valence-corrected chi connectivity index (χ0v) is 18.4. The molecule has 0 atom stereocenters. The van der Waals surface area contributed by atoms with Crippen LogP contribution in [0.4, 0.5) is 16.0 Å². The van der Waals surface area contributed by atoms with Crippen LogP contribution in [0.5, 0.6) is 0 Å². The van der Waals surface area contributed by atoms with E-state index < -0.39 is 0 Å². The molecule has 33 heavy (non-hydrogen) atoms. The first-order valence-electron chi connectivity index (χ1n) is 10.8. The van der Waals surface area contributed by atoms with Gasteiger partial charge in [-0.3, -0.25) is 4.90 Å². The molecular formula is C21H23FN10O. The summed E-state index contributed by atoms with van der Waals surface area (Å²) in [7, 11) is 0. The Hall–Kier alpha value is -3.80. The molecule has 1 aromatic carbocycles. The van der Waals surface area contributed by atoms with E-state index in [1.54, 1.807) is 10.7 Å². The maximum atomic E-state index is 14.7. The quantitative estimate of drug-likeness (QED) is 0.437. The summed E-state index contributed by atoms with van der Waals surface area (Å²) in [6.07, 6.45) is 1.76. The van der Waals surface area contributed by atoms with Crippen molar-refractivity contribution in [3.8, 4) is 0 Å². The van der Waals surface area contributed by atoms with Gasteiger partial charge in [-0.05, 0) is 19.9 Å². The van der Waals surface area contributed by atoms with Crippen LogP contribution < -0.4 is 10.6 Å². The third-order valence-electron chi connectivity index (χ3n) is 6.26. The summed E-state index contributed by atoms with van der Waals surface area (Å²) in [6, 6.07) is 3.26. The summed E-state index contributed by atoms with van der Waals surface area (Å²) in [4.78, 5) is 13.4. The molecular weight excluding hydrogens is 427 g/mol. The molecule has 0 radical (unpaired) electrons. The van der Waals surface area contributed by atoms with E-state index in [9.17, 15) is 4.39 Å². The maximum absolute atomic E-state index is 14.7. The lowest BCUT2D eigenvalue weighted by Crippen LogP contribution is -2.47. The number of piperazine rings is 1. The predicted octanol–water partition coefficient (Wildman–Crippen LogP) is 1.78. The smallest absolute Gasteiger partial charge is 0.225 e. The highest BCUT2D eigenvalue weighted by Crippen LogP contribution is 2.28. The maximum Gasteiger partial charge on any atom is 0.225 e. The van der Waals surface area contributed by atoms with Gasteiger partial charge in [-0.15, -0.1) is 5.10 Å². The van der Waals surface area contributed by atoms with Gasteiger partial charge in [0.05, 0.1) is 29.5 Å². The number of benzene rings is 1. The van der Waals surface area contributed by atoms with E-state index in [4.69, 9.17) is 10.3 Å². The minimum atomic E-state index is -0.284. The normalized spacial score (nSPS) is 15.4. The Morgan fingerprint density at radius 1 is 1.03 bits per heavy atom. The average molecular weight is 450 g/mol. The van der Waals surface area contributed by atoms with E-state index in [0.717, 1.165) is 49.2 Å². The van der Waals surface area contributed by atoms with Crippen molar-refractivity contribution < 1.29 is 8.91 Å². The fourth-order valence-electron chi connectivity index (χ4n) is 4.48. The molecule has 1 aliphatic rings. The molecule has 0 spiro atoms. The first-order chi connectivity index (χ1) is 16.0. The van der Waals surface area contributed by atoms with Crippen molar-refractivity contribution in [3.63, 3.8) is 0 Å². The standard InChI is InChI=1S/C21H23FN10O/c1-12-14-9-17(16(22)10-18(14)33-28-12)30-6-3-29(4-7-30)5-8-31-19-15(11-24-31)20-25-13(2)27-32(20)21(23)26-19/h9-11H,3-8H2,1-2H3,(H2,23,26). The lowest BCUT2D eigenvalue weighted by atomic mass is 10.1. The summed E-state index contributed by atoms with van der Waals surface area (Å²) in [5, 5.41) is 14.4. The summed E-state index contributed by atoms with van der Waals surface area (Å²) >= 11 is 0. The Kier molecular flexibility index (Phi) is 4.43. The molecule has 0 amide bonds. The van der Waals surface area contributed by atoms with Crippen molar-refractivity contribution in [2.45, 2.75) is 20.4 Å². The highest BCUT2D eigenvalue weighted by Gasteiger charge is 2.22. The second-order valence-electron chi connectivity index (χ2n) is 8.37. The van der Waals surface area contributed by atoms with Crippen molar-refractivity contribution in [3.05, 3.63) is 35.7 Å². The van der Waals surface area contributed by atoms with Crippen LogP contribution in [0.2, 0.25) is 0 Å². The molecule has 4 aromatic heterocycles. The van der Waals surface area contributed by atoms with Crippen LogP contribution in [0.25, 0.3) is 27.6 Å². The SMILES string of the molecule is Cc1nc2c3cnn(CCN4CCN(c5cc6c(C)noc6cc5F)CC4)c3nc(N)n2n1. The van der Waals surface area contributed by atoms with Crippen LogP contribution >= 0.6 is 0 Å². The molecule has 6 rings (SSSR count). The molecule has 11 nitrogen and oxygen atoms in total. The lowest BCUT2D eigenvalue weighted by Gasteiger charge is -2.36. The van der Waals surface area contributed by atoms with Gasteiger partial charge in [0.1, 0.15) is 11.6 Å². The number of anilines is 2. The Balaban J connectivity index is 1.15. The molecule has 170 valence electrons. The fourth-order valence-corrected chi connectivity index (χ4v) is 4.48. The zero-order chi connectivity index (χ0) is 22.7. The number of rotatable bonds is 4. The van der Waals surface area contributed by atoms with Crippen LogP contribution in [-0.4, -0.2) is 72.1 Å². The molecule has 2 N–H and O–H groups in total. The van der Waals surface area contributed by atoms with Crippen LogP contribution in [0.15, 0.2) is 22.9 Å². The van der Waals surface area contributed by atoms with Gasteiger partial charge in [-0.1, -0.05) is 5.16 Å². The number of nitrogens with two attached hydrogens (primary N) is 1. The molecule has 1 aliphatic heterocycles. The van der Waals surface area contributed by atoms with Gasteiger partial charge in [-0.2, -0.15) is 14.6 Å². The minimum absolute atomic E-state index is 0.284. The molecule has 1 fully saturated rings. The first-order valence-corrected chi connectivity index (χ1v) is 10.8. The van der Waals surface area contributed by atoms with Crippen LogP contribution in [0.1, 0.15) is 11.5 Å². The van der Waals surface area contributed by atoms with Gasteiger partial charge in [0.25, 0.3) is 0 Å². The molecule has 5 aromatic rings. The number of hydrogen-bond acceptors (Lipinski definition) is 9. The minimum Gasteiger partial charge on any atom is -0.368 e. The second kappa shape index (κ2) is 7.37. The third kappa shape index (κ3) is 3.25. The van der Waals surface area contributed by atoms with Crippen molar-refractivity contribution >= 4 is 39.3 Å². The number of aromatic nitrogens is 7. The molecule has 0 bridgehead atoms. The monoisotopic (exact) mass is 450 g/mol. The van der Waals surface area contributed by atoms with Crippen LogP contribution in [0, 0.1) is 19.7 Å². The highest BCUT2D eigenvalue weighted by atomic mass is 19.1. The van der Waals surface area contributed by atoms with Gasteiger partial charge in [-0.25, -0.2) is 14.1 Å². The summed E-state index contributed by atoms with van der Waals surface area (Å²) in [5.41, 5.74) is 9.28. The lowest BCUT2D eigenvalue weighted by molar-refractivity contribution is 0.245. The predicted molar refractivity (Wildman–Crippen MR) is 121 cm³/mol. The summed E-state index contributed by atoms with van der Waals surface area (Å²) in [6.45, 7) is 8.26. The Labute approximate surface area is 187 Å². The molecule has 0 unspecified atom stereocenters. The number of hydrogen-bond donors (Lipinski definition) is 1. The van der Waals surface area contributed by atoms with E-state index in [1.165, 1.54) is 6.07 Å². The Bertz CT molecular complexity index is 1490. The van der Waals surface area contributed by atoms with Gasteiger partial charge < -0.3 is 15.2 Å². The largest absolute Gasteiger partial charge is 0.368 e. The molecule has 0 aliphatic carbocycles. The summed E-state index contributed by atoms with van der Waals surface area (Å²) in [5.74, 6) is 0.640. The van der Waals surface area contributed by atoms with Crippen molar-refractivity contribution in [2.75, 3.05) is 43.4 Å². The van der Waals surface area contributed by atoms with Gasteiger partial charge in [0.2, 0.25) is 5.95 Å². The molecule has 12 heteroatoms. The van der Waals surface area contributed by atoms with E-state index in [1.807, 2.05) is 24.6 Å². The third-order valence-corrected chi connectivity index (χ3v) is 6.26. The second-order valence-corrected chi connectivity index (χ2v) is 8.37. The topological polar surface area (TPSA) is 119 Å². The number of nitrogen functional groups attached to an aromatic ring is 1. The van der Waals surface area contributed by atoms with Crippen LogP contribution in [0.3, 0.4) is 0 Å². The Morgan fingerprint density at radius 3 is 2.67 bits per heavy atom. The number of aryl methyl sites for hydroxylation is 2. The molecule has 5 heterocycles. The van der Waals surface area contributed by atoms with E-state index in [-0.39, 0.29) is 11.8 Å². The van der Waals surface area contributed by atoms with Gasteiger partial charge in [0, 0.05) is 44.2 Å². The van der Waals surface area contributed by atoms with Crippen molar-refractivity contribution in [1.29, 1.82) is 0 Å². The number of nitrogens with zero attached hydrogens (tertiary/aromatic N) is 9.